The SMILES string of the molecule is CNC(=O)/C(C(=O)CC(O)c1ccc(F)cc1)=C(\N)c1ccccc1. The van der Waals surface area contributed by atoms with Crippen LogP contribution in [0, 0.1) is 5.82 Å². The van der Waals surface area contributed by atoms with Crippen LogP contribution in [-0.4, -0.2) is 23.8 Å². The average molecular weight is 342 g/mol. The summed E-state index contributed by atoms with van der Waals surface area (Å²) in [6, 6.07) is 13.8. The first kappa shape index (κ1) is 18.4. The Balaban J connectivity index is 2.30. The molecule has 1 amide bonds. The van der Waals surface area contributed by atoms with Crippen molar-refractivity contribution in [3.63, 3.8) is 0 Å². The Kier molecular flexibility index (Phi) is 6.03. The number of aliphatic hydroxyl groups excluding tert-OH is 1. The number of nitrogens with one attached hydrogen (secondary N) is 1. The molecule has 0 bridgehead atoms. The summed E-state index contributed by atoms with van der Waals surface area (Å²) in [6.07, 6.45) is -1.52. The van der Waals surface area contributed by atoms with Gasteiger partial charge in [0.25, 0.3) is 5.91 Å². The lowest BCUT2D eigenvalue weighted by molar-refractivity contribution is -0.123. The van der Waals surface area contributed by atoms with Gasteiger partial charge in [-0.05, 0) is 23.3 Å². The van der Waals surface area contributed by atoms with Gasteiger partial charge in [-0.1, -0.05) is 42.5 Å². The summed E-state index contributed by atoms with van der Waals surface area (Å²) in [4.78, 5) is 24.7. The van der Waals surface area contributed by atoms with Gasteiger partial charge in [-0.15, -0.1) is 0 Å². The van der Waals surface area contributed by atoms with Crippen molar-refractivity contribution in [1.29, 1.82) is 0 Å². The Morgan fingerprint density at radius 3 is 2.28 bits per heavy atom. The number of hydrogen-bond donors (Lipinski definition) is 3. The summed E-state index contributed by atoms with van der Waals surface area (Å²) in [5, 5.41) is 12.6. The van der Waals surface area contributed by atoms with Gasteiger partial charge in [0.05, 0.1) is 11.8 Å². The first-order valence-electron chi connectivity index (χ1n) is 7.68. The minimum atomic E-state index is -1.17. The molecule has 130 valence electrons. The van der Waals surface area contributed by atoms with Gasteiger partial charge in [-0.2, -0.15) is 0 Å². The standard InChI is InChI=1S/C19H19FN2O3/c1-22-19(25)17(18(21)13-5-3-2-4-6-13)16(24)11-15(23)12-7-9-14(20)10-8-12/h2-10,15,23H,11,21H2,1H3,(H,22,25)/b18-17-. The number of amides is 1. The van der Waals surface area contributed by atoms with Crippen LogP contribution in [0.5, 0.6) is 0 Å². The van der Waals surface area contributed by atoms with Crippen molar-refractivity contribution < 1.29 is 19.1 Å². The van der Waals surface area contributed by atoms with Crippen molar-refractivity contribution >= 4 is 17.4 Å². The Morgan fingerprint density at radius 2 is 1.72 bits per heavy atom. The summed E-state index contributed by atoms with van der Waals surface area (Å²) >= 11 is 0. The van der Waals surface area contributed by atoms with Crippen LogP contribution in [-0.2, 0) is 9.59 Å². The van der Waals surface area contributed by atoms with Gasteiger partial charge < -0.3 is 16.2 Å². The first-order valence-corrected chi connectivity index (χ1v) is 7.68. The first-order chi connectivity index (χ1) is 11.9. The molecule has 2 aromatic carbocycles. The zero-order valence-corrected chi connectivity index (χ0v) is 13.7. The number of hydrogen-bond acceptors (Lipinski definition) is 4. The van der Waals surface area contributed by atoms with E-state index < -0.39 is 23.6 Å². The lowest BCUT2D eigenvalue weighted by Crippen LogP contribution is -2.28. The highest BCUT2D eigenvalue weighted by atomic mass is 19.1. The van der Waals surface area contributed by atoms with Crippen molar-refractivity contribution in [2.45, 2.75) is 12.5 Å². The molecule has 0 spiro atoms. The molecule has 4 N–H and O–H groups in total. The van der Waals surface area contributed by atoms with E-state index in [4.69, 9.17) is 5.73 Å². The molecule has 0 aliphatic rings. The fraction of sp³-hybridized carbons (Fsp3) is 0.158. The van der Waals surface area contributed by atoms with Crippen molar-refractivity contribution in [2.75, 3.05) is 7.05 Å². The van der Waals surface area contributed by atoms with Gasteiger partial charge in [0.15, 0.2) is 5.78 Å². The number of carbonyl (C=O) groups excluding carboxylic acids is 2. The highest BCUT2D eigenvalue weighted by molar-refractivity contribution is 6.24. The number of Topliss-reactive ketones (excluding diaryl/α,β-unsaturated/α-hetero) is 1. The molecule has 0 aromatic heterocycles. The van der Waals surface area contributed by atoms with Crippen molar-refractivity contribution in [2.24, 2.45) is 5.73 Å². The maximum atomic E-state index is 13.0. The van der Waals surface area contributed by atoms with Crippen LogP contribution in [0.3, 0.4) is 0 Å². The Bertz CT molecular complexity index is 786. The van der Waals surface area contributed by atoms with Gasteiger partial charge in [0.2, 0.25) is 0 Å². The van der Waals surface area contributed by atoms with Crippen LogP contribution >= 0.6 is 0 Å². The fourth-order valence-corrected chi connectivity index (χ4v) is 2.37. The zero-order chi connectivity index (χ0) is 18.4. The third-order valence-electron chi connectivity index (χ3n) is 3.72. The topological polar surface area (TPSA) is 92.4 Å². The molecule has 0 aliphatic carbocycles. The zero-order valence-electron chi connectivity index (χ0n) is 13.7. The van der Waals surface area contributed by atoms with Gasteiger partial charge in [0.1, 0.15) is 11.4 Å². The summed E-state index contributed by atoms with van der Waals surface area (Å²) < 4.78 is 13.0. The molecule has 1 atom stereocenters. The molecule has 5 nitrogen and oxygen atoms in total. The number of nitrogens with two attached hydrogens (primary N) is 1. The average Bonchev–Trinajstić information content (AvgIpc) is 2.62. The van der Waals surface area contributed by atoms with E-state index in [0.717, 1.165) is 0 Å². The molecule has 1 unspecified atom stereocenters. The molecule has 0 saturated carbocycles. The second-order valence-corrected chi connectivity index (χ2v) is 5.43. The van der Waals surface area contributed by atoms with Crippen LogP contribution < -0.4 is 11.1 Å². The van der Waals surface area contributed by atoms with Crippen LogP contribution in [0.1, 0.15) is 23.7 Å². The number of benzene rings is 2. The predicted octanol–water partition coefficient (Wildman–Crippen LogP) is 1.93. The molecule has 25 heavy (non-hydrogen) atoms. The summed E-state index contributed by atoms with van der Waals surface area (Å²) in [5.41, 5.74) is 6.75. The molecule has 6 heteroatoms. The molecule has 2 aromatic rings. The summed E-state index contributed by atoms with van der Waals surface area (Å²) in [5.74, 6) is -1.67. The van der Waals surface area contributed by atoms with Crippen LogP contribution in [0.15, 0.2) is 60.2 Å². The number of rotatable bonds is 6. The Labute approximate surface area is 145 Å². The number of aliphatic hydroxyl groups is 1. The van der Waals surface area contributed by atoms with Crippen LogP contribution in [0.4, 0.5) is 4.39 Å². The van der Waals surface area contributed by atoms with Crippen LogP contribution in [0.2, 0.25) is 0 Å². The third kappa shape index (κ3) is 4.51. The van der Waals surface area contributed by atoms with Gasteiger partial charge in [-0.3, -0.25) is 9.59 Å². The highest BCUT2D eigenvalue weighted by Gasteiger charge is 2.24. The largest absolute Gasteiger partial charge is 0.397 e. The summed E-state index contributed by atoms with van der Waals surface area (Å²) in [6.45, 7) is 0. The van der Waals surface area contributed by atoms with E-state index in [0.29, 0.717) is 11.1 Å². The van der Waals surface area contributed by atoms with Crippen molar-refractivity contribution in [3.05, 3.63) is 77.1 Å². The summed E-state index contributed by atoms with van der Waals surface area (Å²) in [7, 11) is 1.39. The minimum absolute atomic E-state index is 0.0382. The van der Waals surface area contributed by atoms with E-state index in [1.807, 2.05) is 0 Å². The van der Waals surface area contributed by atoms with Gasteiger partial charge >= 0.3 is 0 Å². The van der Waals surface area contributed by atoms with E-state index in [1.54, 1.807) is 30.3 Å². The number of likely N-dealkylation sites (N-methyl/N-ethyl adjacent to an activating group) is 1. The Morgan fingerprint density at radius 1 is 1.12 bits per heavy atom. The lowest BCUT2D eigenvalue weighted by atomic mass is 9.96. The Hall–Kier alpha value is -2.99. The maximum Gasteiger partial charge on any atom is 0.256 e. The molecule has 2 rings (SSSR count). The quantitative estimate of drug-likeness (QED) is 0.425. The van der Waals surface area contributed by atoms with Crippen molar-refractivity contribution in [1.82, 2.24) is 5.32 Å². The fourth-order valence-electron chi connectivity index (χ4n) is 2.37. The minimum Gasteiger partial charge on any atom is -0.397 e. The number of ketones is 1. The van der Waals surface area contributed by atoms with Gasteiger partial charge in [-0.25, -0.2) is 4.39 Å². The highest BCUT2D eigenvalue weighted by Crippen LogP contribution is 2.22. The smallest absolute Gasteiger partial charge is 0.256 e. The molecule has 0 radical (unpaired) electrons. The number of halogens is 1. The molecule has 0 saturated heterocycles. The second-order valence-electron chi connectivity index (χ2n) is 5.43. The monoisotopic (exact) mass is 342 g/mol. The second kappa shape index (κ2) is 8.21. The van der Waals surface area contributed by atoms with E-state index >= 15 is 0 Å². The molecular formula is C19H19FN2O3. The molecule has 0 heterocycles. The van der Waals surface area contributed by atoms with E-state index in [2.05, 4.69) is 5.32 Å². The number of carbonyl (C=O) groups is 2. The molecule has 0 aliphatic heterocycles. The van der Waals surface area contributed by atoms with Crippen LogP contribution in [0.25, 0.3) is 5.70 Å². The normalized spacial score (nSPS) is 12.9. The van der Waals surface area contributed by atoms with E-state index in [1.165, 1.54) is 31.3 Å². The predicted molar refractivity (Wildman–Crippen MR) is 92.6 cm³/mol. The maximum absolute atomic E-state index is 13.0. The third-order valence-corrected chi connectivity index (χ3v) is 3.72. The van der Waals surface area contributed by atoms with Gasteiger partial charge in [0, 0.05) is 13.5 Å². The molecular weight excluding hydrogens is 323 g/mol. The van der Waals surface area contributed by atoms with E-state index in [9.17, 15) is 19.1 Å². The molecule has 0 fully saturated rings. The van der Waals surface area contributed by atoms with Crippen molar-refractivity contribution in [3.8, 4) is 0 Å². The lowest BCUT2D eigenvalue weighted by Gasteiger charge is -2.14. The van der Waals surface area contributed by atoms with E-state index in [-0.39, 0.29) is 17.7 Å².